The number of nitrogens with one attached hydrogen (secondary N) is 2. The van der Waals surface area contributed by atoms with Crippen LogP contribution in [-0.4, -0.2) is 17.6 Å². The first-order valence-corrected chi connectivity index (χ1v) is 7.00. The van der Waals surface area contributed by atoms with Gasteiger partial charge < -0.3 is 10.6 Å². The van der Waals surface area contributed by atoms with E-state index in [-0.39, 0.29) is 0 Å². The Morgan fingerprint density at radius 2 is 2.06 bits per heavy atom. The number of hydrogen-bond donors (Lipinski definition) is 2. The first kappa shape index (κ1) is 13.3. The van der Waals surface area contributed by atoms with Gasteiger partial charge in [-0.3, -0.25) is 0 Å². The fourth-order valence-corrected chi connectivity index (χ4v) is 2.11. The van der Waals surface area contributed by atoms with E-state index in [4.69, 9.17) is 0 Å². The van der Waals surface area contributed by atoms with Crippen molar-refractivity contribution in [2.75, 3.05) is 11.9 Å². The average Bonchev–Trinajstić information content (AvgIpc) is 3.05. The number of anilines is 1. The Labute approximate surface area is 110 Å². The van der Waals surface area contributed by atoms with Crippen molar-refractivity contribution in [3.05, 3.63) is 22.9 Å². The highest BCUT2D eigenvalue weighted by atomic mass is 15.0. The number of pyridine rings is 1. The SMILES string of the molecule is Cc1cc(C)c(CNCC(C)C)c(NC2CC2)n1. The second-order valence-corrected chi connectivity index (χ2v) is 5.85. The van der Waals surface area contributed by atoms with Crippen molar-refractivity contribution >= 4 is 5.82 Å². The van der Waals surface area contributed by atoms with E-state index < -0.39 is 0 Å². The third kappa shape index (κ3) is 3.70. The Morgan fingerprint density at radius 3 is 2.67 bits per heavy atom. The van der Waals surface area contributed by atoms with Gasteiger partial charge in [0.15, 0.2) is 0 Å². The zero-order chi connectivity index (χ0) is 13.1. The maximum absolute atomic E-state index is 4.66. The molecule has 1 aromatic heterocycles. The van der Waals surface area contributed by atoms with E-state index in [9.17, 15) is 0 Å². The number of aryl methyl sites for hydroxylation is 2. The summed E-state index contributed by atoms with van der Waals surface area (Å²) in [7, 11) is 0. The van der Waals surface area contributed by atoms with Gasteiger partial charge in [-0.15, -0.1) is 0 Å². The van der Waals surface area contributed by atoms with Gasteiger partial charge >= 0.3 is 0 Å². The van der Waals surface area contributed by atoms with Crippen LogP contribution in [0.25, 0.3) is 0 Å². The van der Waals surface area contributed by atoms with E-state index in [0.717, 1.165) is 24.6 Å². The number of rotatable bonds is 6. The third-order valence-electron chi connectivity index (χ3n) is 3.25. The highest BCUT2D eigenvalue weighted by Crippen LogP contribution is 2.27. The first-order valence-electron chi connectivity index (χ1n) is 7.00. The van der Waals surface area contributed by atoms with Crippen LogP contribution in [-0.2, 0) is 6.54 Å². The molecule has 0 amide bonds. The Kier molecular flexibility index (Phi) is 4.23. The van der Waals surface area contributed by atoms with Gasteiger partial charge in [0, 0.05) is 23.8 Å². The predicted octanol–water partition coefficient (Wildman–Crippen LogP) is 3.02. The molecule has 1 heterocycles. The molecule has 0 saturated heterocycles. The molecule has 3 heteroatoms. The summed E-state index contributed by atoms with van der Waals surface area (Å²) >= 11 is 0. The van der Waals surface area contributed by atoms with Gasteiger partial charge in [0.2, 0.25) is 0 Å². The predicted molar refractivity (Wildman–Crippen MR) is 76.9 cm³/mol. The van der Waals surface area contributed by atoms with Crippen molar-refractivity contribution in [2.24, 2.45) is 5.92 Å². The standard InChI is InChI=1S/C15H25N3/c1-10(2)8-16-9-14-11(3)7-12(4)17-15(14)18-13-5-6-13/h7,10,13,16H,5-6,8-9H2,1-4H3,(H,17,18). The Bertz CT molecular complexity index is 408. The molecule has 0 aliphatic heterocycles. The van der Waals surface area contributed by atoms with Crippen molar-refractivity contribution < 1.29 is 0 Å². The highest BCUT2D eigenvalue weighted by Gasteiger charge is 2.23. The van der Waals surface area contributed by atoms with Crippen LogP contribution in [0, 0.1) is 19.8 Å². The van der Waals surface area contributed by atoms with Gasteiger partial charge in [-0.1, -0.05) is 13.8 Å². The molecule has 1 aliphatic rings. The van der Waals surface area contributed by atoms with Crippen LogP contribution in [0.1, 0.15) is 43.5 Å². The maximum atomic E-state index is 4.66. The molecule has 0 radical (unpaired) electrons. The van der Waals surface area contributed by atoms with Crippen LogP contribution in [0.5, 0.6) is 0 Å². The molecular weight excluding hydrogens is 222 g/mol. The van der Waals surface area contributed by atoms with E-state index in [1.807, 2.05) is 0 Å². The molecule has 1 saturated carbocycles. The molecule has 1 aromatic rings. The fraction of sp³-hybridized carbons (Fsp3) is 0.667. The van der Waals surface area contributed by atoms with Gasteiger partial charge in [0.05, 0.1) is 0 Å². The lowest BCUT2D eigenvalue weighted by Crippen LogP contribution is -2.21. The Hall–Kier alpha value is -1.09. The monoisotopic (exact) mass is 247 g/mol. The van der Waals surface area contributed by atoms with Gasteiger partial charge in [0.1, 0.15) is 5.82 Å². The normalized spacial score (nSPS) is 15.2. The van der Waals surface area contributed by atoms with Crippen LogP contribution in [0.2, 0.25) is 0 Å². The van der Waals surface area contributed by atoms with Gasteiger partial charge in [-0.25, -0.2) is 4.98 Å². The lowest BCUT2D eigenvalue weighted by molar-refractivity contribution is 0.551. The topological polar surface area (TPSA) is 37.0 Å². The summed E-state index contributed by atoms with van der Waals surface area (Å²) < 4.78 is 0. The summed E-state index contributed by atoms with van der Waals surface area (Å²) in [6.45, 7) is 10.7. The van der Waals surface area contributed by atoms with Crippen molar-refractivity contribution in [1.82, 2.24) is 10.3 Å². The molecule has 0 spiro atoms. The molecule has 2 N–H and O–H groups in total. The van der Waals surface area contributed by atoms with E-state index in [1.54, 1.807) is 0 Å². The van der Waals surface area contributed by atoms with Crippen molar-refractivity contribution in [2.45, 2.75) is 53.1 Å². The lowest BCUT2D eigenvalue weighted by atomic mass is 10.1. The van der Waals surface area contributed by atoms with E-state index in [1.165, 1.54) is 24.0 Å². The molecule has 18 heavy (non-hydrogen) atoms. The lowest BCUT2D eigenvalue weighted by Gasteiger charge is -2.16. The molecule has 0 bridgehead atoms. The summed E-state index contributed by atoms with van der Waals surface area (Å²) in [5.74, 6) is 1.77. The number of aromatic nitrogens is 1. The average molecular weight is 247 g/mol. The number of hydrogen-bond acceptors (Lipinski definition) is 3. The minimum absolute atomic E-state index is 0.655. The molecule has 3 nitrogen and oxygen atoms in total. The summed E-state index contributed by atoms with van der Waals surface area (Å²) in [5, 5.41) is 7.07. The Morgan fingerprint density at radius 1 is 1.33 bits per heavy atom. The molecule has 1 aliphatic carbocycles. The van der Waals surface area contributed by atoms with E-state index >= 15 is 0 Å². The second kappa shape index (κ2) is 5.70. The maximum Gasteiger partial charge on any atom is 0.131 e. The molecule has 2 rings (SSSR count). The fourth-order valence-electron chi connectivity index (χ4n) is 2.11. The van der Waals surface area contributed by atoms with Crippen LogP contribution < -0.4 is 10.6 Å². The van der Waals surface area contributed by atoms with Gasteiger partial charge in [-0.05, 0) is 50.8 Å². The molecule has 0 atom stereocenters. The summed E-state index contributed by atoms with van der Waals surface area (Å²) in [4.78, 5) is 4.66. The van der Waals surface area contributed by atoms with Crippen LogP contribution >= 0.6 is 0 Å². The molecule has 0 aromatic carbocycles. The number of nitrogens with zero attached hydrogens (tertiary/aromatic N) is 1. The third-order valence-corrected chi connectivity index (χ3v) is 3.25. The Balaban J connectivity index is 2.09. The van der Waals surface area contributed by atoms with Crippen LogP contribution in [0.15, 0.2) is 6.07 Å². The van der Waals surface area contributed by atoms with Crippen molar-refractivity contribution in [1.29, 1.82) is 0 Å². The van der Waals surface area contributed by atoms with E-state index in [2.05, 4.69) is 49.4 Å². The largest absolute Gasteiger partial charge is 0.367 e. The van der Waals surface area contributed by atoms with Crippen LogP contribution in [0.4, 0.5) is 5.82 Å². The van der Waals surface area contributed by atoms with E-state index in [0.29, 0.717) is 12.0 Å². The van der Waals surface area contributed by atoms with Crippen molar-refractivity contribution in [3.63, 3.8) is 0 Å². The van der Waals surface area contributed by atoms with Crippen molar-refractivity contribution in [3.8, 4) is 0 Å². The summed E-state index contributed by atoms with van der Waals surface area (Å²) in [6, 6.07) is 2.83. The smallest absolute Gasteiger partial charge is 0.131 e. The molecule has 1 fully saturated rings. The quantitative estimate of drug-likeness (QED) is 0.811. The minimum atomic E-state index is 0.655. The van der Waals surface area contributed by atoms with Gasteiger partial charge in [-0.2, -0.15) is 0 Å². The molecular formula is C15H25N3. The molecule has 0 unspecified atom stereocenters. The second-order valence-electron chi connectivity index (χ2n) is 5.85. The highest BCUT2D eigenvalue weighted by molar-refractivity contribution is 5.50. The zero-order valence-corrected chi connectivity index (χ0v) is 12.0. The summed E-state index contributed by atoms with van der Waals surface area (Å²) in [6.07, 6.45) is 2.57. The zero-order valence-electron chi connectivity index (χ0n) is 12.0. The first-order chi connectivity index (χ1) is 8.56. The summed E-state index contributed by atoms with van der Waals surface area (Å²) in [5.41, 5.74) is 3.76. The molecule has 100 valence electrons. The van der Waals surface area contributed by atoms with Crippen LogP contribution in [0.3, 0.4) is 0 Å². The minimum Gasteiger partial charge on any atom is -0.367 e. The van der Waals surface area contributed by atoms with Gasteiger partial charge in [0.25, 0.3) is 0 Å².